The molecule has 1 N–H and O–H groups in total. The summed E-state index contributed by atoms with van der Waals surface area (Å²) in [7, 11) is 0. The number of benzene rings is 1. The van der Waals surface area contributed by atoms with Crippen LogP contribution in [-0.2, 0) is 0 Å². The van der Waals surface area contributed by atoms with E-state index in [-0.39, 0.29) is 0 Å². The molecule has 0 spiro atoms. The van der Waals surface area contributed by atoms with E-state index in [1.165, 1.54) is 50.5 Å². The first-order chi connectivity index (χ1) is 10.3. The van der Waals surface area contributed by atoms with Gasteiger partial charge in [0.05, 0.1) is 0 Å². The van der Waals surface area contributed by atoms with Gasteiger partial charge in [0.25, 0.3) is 0 Å². The van der Waals surface area contributed by atoms with Gasteiger partial charge in [0.15, 0.2) is 11.5 Å². The Labute approximate surface area is 128 Å². The Hall–Kier alpha value is -1.22. The van der Waals surface area contributed by atoms with Crippen LogP contribution in [-0.4, -0.2) is 19.3 Å². The maximum absolute atomic E-state index is 5.69. The highest BCUT2D eigenvalue weighted by molar-refractivity contribution is 5.44. The quantitative estimate of drug-likeness (QED) is 0.903. The van der Waals surface area contributed by atoms with Gasteiger partial charge >= 0.3 is 0 Å². The number of fused-ring (bicyclic) bond motifs is 1. The van der Waals surface area contributed by atoms with Gasteiger partial charge in [-0.3, -0.25) is 0 Å². The van der Waals surface area contributed by atoms with Crippen molar-refractivity contribution in [2.45, 2.75) is 64.0 Å². The molecule has 1 aromatic carbocycles. The number of ether oxygens (including phenoxy) is 2. The van der Waals surface area contributed by atoms with Crippen LogP contribution in [0, 0.1) is 0 Å². The third-order valence-corrected chi connectivity index (χ3v) is 4.66. The second-order valence-electron chi connectivity index (χ2n) is 6.33. The molecule has 1 aliphatic carbocycles. The Bertz CT molecular complexity index is 453. The second-order valence-corrected chi connectivity index (χ2v) is 6.33. The fourth-order valence-corrected chi connectivity index (χ4v) is 3.40. The van der Waals surface area contributed by atoms with E-state index in [0.29, 0.717) is 25.3 Å². The number of hydrogen-bond acceptors (Lipinski definition) is 3. The molecule has 1 unspecified atom stereocenters. The predicted molar refractivity (Wildman–Crippen MR) is 85.1 cm³/mol. The summed E-state index contributed by atoms with van der Waals surface area (Å²) < 4.78 is 11.3. The lowest BCUT2D eigenvalue weighted by Gasteiger charge is -2.26. The average molecular weight is 289 g/mol. The van der Waals surface area contributed by atoms with Crippen LogP contribution < -0.4 is 14.8 Å². The van der Waals surface area contributed by atoms with Crippen molar-refractivity contribution in [1.29, 1.82) is 0 Å². The molecule has 0 radical (unpaired) electrons. The summed E-state index contributed by atoms with van der Waals surface area (Å²) in [6.07, 6.45) is 9.58. The first kappa shape index (κ1) is 14.7. The Balaban J connectivity index is 1.62. The van der Waals surface area contributed by atoms with Crippen LogP contribution in [0.4, 0.5) is 0 Å². The predicted octanol–water partition coefficient (Wildman–Crippen LogP) is 4.22. The zero-order valence-electron chi connectivity index (χ0n) is 13.1. The van der Waals surface area contributed by atoms with Gasteiger partial charge in [0.2, 0.25) is 0 Å². The van der Waals surface area contributed by atoms with Gasteiger partial charge < -0.3 is 14.8 Å². The molecule has 21 heavy (non-hydrogen) atoms. The number of rotatable bonds is 3. The summed E-state index contributed by atoms with van der Waals surface area (Å²) in [5.41, 5.74) is 1.29. The van der Waals surface area contributed by atoms with E-state index < -0.39 is 0 Å². The smallest absolute Gasteiger partial charge is 0.161 e. The second kappa shape index (κ2) is 7.17. The third-order valence-electron chi connectivity index (χ3n) is 4.66. The molecule has 1 atom stereocenters. The molecule has 1 heterocycles. The normalized spacial score (nSPS) is 21.4. The molecule has 1 fully saturated rings. The van der Waals surface area contributed by atoms with Crippen molar-refractivity contribution in [2.75, 3.05) is 13.2 Å². The first-order valence-corrected chi connectivity index (χ1v) is 8.48. The minimum atomic E-state index is 0.366. The van der Waals surface area contributed by atoms with Gasteiger partial charge in [-0.15, -0.1) is 0 Å². The van der Waals surface area contributed by atoms with Crippen LogP contribution in [0.1, 0.15) is 63.5 Å². The average Bonchev–Trinajstić information content (AvgIpc) is 2.49. The molecule has 0 amide bonds. The van der Waals surface area contributed by atoms with E-state index in [0.717, 1.165) is 11.5 Å². The van der Waals surface area contributed by atoms with E-state index >= 15 is 0 Å². The Morgan fingerprint density at radius 3 is 2.38 bits per heavy atom. The Morgan fingerprint density at radius 1 is 0.952 bits per heavy atom. The lowest BCUT2D eigenvalue weighted by molar-refractivity contribution is 0.171. The molecule has 2 aliphatic rings. The standard InChI is InChI=1S/C18H27NO2/c1-14(19-16-7-5-3-2-4-6-8-16)15-9-10-17-18(13-15)21-12-11-20-17/h9-10,13-14,16,19H,2-8,11-12H2,1H3. The monoisotopic (exact) mass is 289 g/mol. The van der Waals surface area contributed by atoms with Crippen LogP contribution >= 0.6 is 0 Å². The van der Waals surface area contributed by atoms with Crippen LogP contribution in [0.5, 0.6) is 11.5 Å². The van der Waals surface area contributed by atoms with E-state index in [4.69, 9.17) is 9.47 Å². The van der Waals surface area contributed by atoms with Crippen molar-refractivity contribution >= 4 is 0 Å². The van der Waals surface area contributed by atoms with Crippen LogP contribution in [0.25, 0.3) is 0 Å². The van der Waals surface area contributed by atoms with Crippen molar-refractivity contribution in [2.24, 2.45) is 0 Å². The summed E-state index contributed by atoms with van der Waals surface area (Å²) in [6, 6.07) is 7.36. The highest BCUT2D eigenvalue weighted by atomic mass is 16.6. The van der Waals surface area contributed by atoms with Gasteiger partial charge in [-0.1, -0.05) is 38.2 Å². The van der Waals surface area contributed by atoms with Gasteiger partial charge in [0.1, 0.15) is 13.2 Å². The van der Waals surface area contributed by atoms with Crippen molar-refractivity contribution in [1.82, 2.24) is 5.32 Å². The lowest BCUT2D eigenvalue weighted by atomic mass is 9.95. The molecular formula is C18H27NO2. The van der Waals surface area contributed by atoms with Gasteiger partial charge in [0, 0.05) is 12.1 Å². The first-order valence-electron chi connectivity index (χ1n) is 8.48. The summed E-state index contributed by atoms with van der Waals surface area (Å²) in [4.78, 5) is 0. The van der Waals surface area contributed by atoms with Crippen LogP contribution in [0.3, 0.4) is 0 Å². The van der Waals surface area contributed by atoms with Crippen LogP contribution in [0.15, 0.2) is 18.2 Å². The highest BCUT2D eigenvalue weighted by Gasteiger charge is 2.17. The van der Waals surface area contributed by atoms with Crippen molar-refractivity contribution in [3.8, 4) is 11.5 Å². The number of nitrogens with one attached hydrogen (secondary N) is 1. The van der Waals surface area contributed by atoms with Gasteiger partial charge in [-0.2, -0.15) is 0 Å². The van der Waals surface area contributed by atoms with E-state index in [1.807, 2.05) is 6.07 Å². The topological polar surface area (TPSA) is 30.5 Å². The van der Waals surface area contributed by atoms with Crippen molar-refractivity contribution in [3.05, 3.63) is 23.8 Å². The number of hydrogen-bond donors (Lipinski definition) is 1. The van der Waals surface area contributed by atoms with Gasteiger partial charge in [-0.05, 0) is 37.5 Å². The largest absolute Gasteiger partial charge is 0.486 e. The maximum Gasteiger partial charge on any atom is 0.161 e. The SMILES string of the molecule is CC(NC1CCCCCCC1)c1ccc2c(c1)OCCO2. The maximum atomic E-state index is 5.69. The lowest BCUT2D eigenvalue weighted by Crippen LogP contribution is -2.32. The third kappa shape index (κ3) is 3.91. The summed E-state index contributed by atoms with van der Waals surface area (Å²) in [6.45, 7) is 3.56. The van der Waals surface area contributed by atoms with Crippen molar-refractivity contribution in [3.63, 3.8) is 0 Å². The van der Waals surface area contributed by atoms with E-state index in [2.05, 4.69) is 24.4 Å². The molecule has 3 nitrogen and oxygen atoms in total. The zero-order valence-corrected chi connectivity index (χ0v) is 13.1. The minimum absolute atomic E-state index is 0.366. The molecule has 1 aliphatic heterocycles. The van der Waals surface area contributed by atoms with E-state index in [9.17, 15) is 0 Å². The summed E-state index contributed by atoms with van der Waals surface area (Å²) in [5.74, 6) is 1.77. The molecule has 3 heteroatoms. The summed E-state index contributed by atoms with van der Waals surface area (Å²) in [5, 5.41) is 3.81. The minimum Gasteiger partial charge on any atom is -0.486 e. The van der Waals surface area contributed by atoms with Crippen LogP contribution in [0.2, 0.25) is 0 Å². The molecule has 1 saturated carbocycles. The molecular weight excluding hydrogens is 262 g/mol. The molecule has 1 aromatic rings. The van der Waals surface area contributed by atoms with Gasteiger partial charge in [-0.25, -0.2) is 0 Å². The Kier molecular flexibility index (Phi) is 5.02. The fourth-order valence-electron chi connectivity index (χ4n) is 3.40. The molecule has 0 bridgehead atoms. The molecule has 0 saturated heterocycles. The molecule has 116 valence electrons. The fraction of sp³-hybridized carbons (Fsp3) is 0.667. The Morgan fingerprint density at radius 2 is 1.62 bits per heavy atom. The van der Waals surface area contributed by atoms with E-state index in [1.54, 1.807) is 0 Å². The van der Waals surface area contributed by atoms with Crippen molar-refractivity contribution < 1.29 is 9.47 Å². The zero-order chi connectivity index (χ0) is 14.5. The summed E-state index contributed by atoms with van der Waals surface area (Å²) >= 11 is 0. The highest BCUT2D eigenvalue weighted by Crippen LogP contribution is 2.33. The molecule has 0 aromatic heterocycles. The molecule has 3 rings (SSSR count).